The van der Waals surface area contributed by atoms with Crippen molar-refractivity contribution in [2.45, 2.75) is 19.4 Å². The molecule has 4 rings (SSSR count). The van der Waals surface area contributed by atoms with Crippen LogP contribution in [0, 0.1) is 5.92 Å². The van der Waals surface area contributed by atoms with E-state index in [4.69, 9.17) is 9.47 Å². The van der Waals surface area contributed by atoms with Gasteiger partial charge in [-0.25, -0.2) is 9.97 Å². The first-order chi connectivity index (χ1) is 10.9. The van der Waals surface area contributed by atoms with Crippen LogP contribution in [0.15, 0.2) is 18.6 Å². The predicted octanol–water partition coefficient (Wildman–Crippen LogP) is 1.91. The Hall–Kier alpha value is -2.21. The molecule has 0 spiro atoms. The quantitative estimate of drug-likeness (QED) is 0.789. The lowest BCUT2D eigenvalue weighted by molar-refractivity contribution is -0.111. The first-order valence-electron chi connectivity index (χ1n) is 7.53. The molecule has 0 bridgehead atoms. The Balaban J connectivity index is 1.79. The molecule has 22 heavy (non-hydrogen) atoms. The van der Waals surface area contributed by atoms with Crippen molar-refractivity contribution in [3.8, 4) is 5.75 Å². The van der Waals surface area contributed by atoms with Gasteiger partial charge in [-0.15, -0.1) is 0 Å². The van der Waals surface area contributed by atoms with Gasteiger partial charge >= 0.3 is 0 Å². The predicted molar refractivity (Wildman–Crippen MR) is 80.8 cm³/mol. The van der Waals surface area contributed by atoms with Gasteiger partial charge in [0, 0.05) is 36.2 Å². The summed E-state index contributed by atoms with van der Waals surface area (Å²) >= 11 is 0. The van der Waals surface area contributed by atoms with Crippen LogP contribution in [0.2, 0.25) is 0 Å². The summed E-state index contributed by atoms with van der Waals surface area (Å²) in [6, 6.07) is 2.08. The number of benzene rings is 1. The van der Waals surface area contributed by atoms with Gasteiger partial charge in [-0.1, -0.05) is 0 Å². The molecule has 114 valence electrons. The second-order valence-corrected chi connectivity index (χ2v) is 5.74. The van der Waals surface area contributed by atoms with E-state index in [1.54, 1.807) is 6.33 Å². The van der Waals surface area contributed by atoms with E-state index < -0.39 is 0 Å². The standard InChI is InChI=1S/C16H17N3O3/c20-7-11-1-3-19(4-2-11)14-5-12-6-17-9-18-15(12)13-8-21-10-22-16(13)14/h5-7,9,11H,1-4,8,10H2. The van der Waals surface area contributed by atoms with Crippen molar-refractivity contribution in [1.29, 1.82) is 0 Å². The third-order valence-electron chi connectivity index (χ3n) is 4.43. The smallest absolute Gasteiger partial charge is 0.189 e. The molecule has 1 saturated heterocycles. The Morgan fingerprint density at radius 1 is 1.32 bits per heavy atom. The van der Waals surface area contributed by atoms with E-state index >= 15 is 0 Å². The van der Waals surface area contributed by atoms with E-state index in [9.17, 15) is 4.79 Å². The minimum atomic E-state index is 0.181. The van der Waals surface area contributed by atoms with Gasteiger partial charge < -0.3 is 19.2 Å². The van der Waals surface area contributed by atoms with Crippen LogP contribution in [0.25, 0.3) is 10.9 Å². The summed E-state index contributed by atoms with van der Waals surface area (Å²) in [7, 11) is 0. The number of aldehydes is 1. The van der Waals surface area contributed by atoms with Crippen molar-refractivity contribution in [2.24, 2.45) is 5.92 Å². The SMILES string of the molecule is O=CC1CCN(c2cc3cncnc3c3c2OCOC3)CC1. The Kier molecular flexibility index (Phi) is 3.38. The summed E-state index contributed by atoms with van der Waals surface area (Å²) in [6.45, 7) is 2.49. The Morgan fingerprint density at radius 3 is 3.00 bits per heavy atom. The van der Waals surface area contributed by atoms with Gasteiger partial charge in [-0.2, -0.15) is 0 Å². The van der Waals surface area contributed by atoms with Crippen molar-refractivity contribution in [3.63, 3.8) is 0 Å². The molecule has 1 fully saturated rings. The average Bonchev–Trinajstić information content (AvgIpc) is 2.61. The highest BCUT2D eigenvalue weighted by atomic mass is 16.7. The van der Waals surface area contributed by atoms with Crippen molar-refractivity contribution in [3.05, 3.63) is 24.2 Å². The molecular formula is C16H17N3O3. The zero-order valence-corrected chi connectivity index (χ0v) is 12.2. The molecule has 1 aromatic heterocycles. The van der Waals surface area contributed by atoms with E-state index in [2.05, 4.69) is 20.9 Å². The van der Waals surface area contributed by atoms with Gasteiger partial charge in [-0.3, -0.25) is 0 Å². The van der Waals surface area contributed by atoms with Crippen LogP contribution in [-0.4, -0.2) is 36.1 Å². The minimum Gasteiger partial charge on any atom is -0.465 e. The number of carbonyl (C=O) groups is 1. The molecule has 1 aromatic carbocycles. The monoisotopic (exact) mass is 299 g/mol. The fraction of sp³-hybridized carbons (Fsp3) is 0.438. The lowest BCUT2D eigenvalue weighted by atomic mass is 9.97. The number of hydrogen-bond donors (Lipinski definition) is 0. The molecule has 0 amide bonds. The fourth-order valence-electron chi connectivity index (χ4n) is 3.22. The number of ether oxygens (including phenoxy) is 2. The second kappa shape index (κ2) is 5.53. The number of aromatic nitrogens is 2. The minimum absolute atomic E-state index is 0.181. The van der Waals surface area contributed by atoms with Gasteiger partial charge in [0.15, 0.2) is 12.5 Å². The van der Waals surface area contributed by atoms with E-state index in [0.717, 1.165) is 60.1 Å². The van der Waals surface area contributed by atoms with Crippen LogP contribution < -0.4 is 9.64 Å². The Labute approximate surface area is 128 Å². The van der Waals surface area contributed by atoms with Gasteiger partial charge in [0.2, 0.25) is 0 Å². The lowest BCUT2D eigenvalue weighted by Crippen LogP contribution is -2.34. The van der Waals surface area contributed by atoms with Crippen LogP contribution in [0.5, 0.6) is 5.75 Å². The number of rotatable bonds is 2. The van der Waals surface area contributed by atoms with Gasteiger partial charge in [0.25, 0.3) is 0 Å². The highest BCUT2D eigenvalue weighted by molar-refractivity contribution is 5.89. The number of anilines is 1. The van der Waals surface area contributed by atoms with Crippen LogP contribution >= 0.6 is 0 Å². The first-order valence-corrected chi connectivity index (χ1v) is 7.53. The van der Waals surface area contributed by atoms with E-state index in [1.165, 1.54) is 0 Å². The number of nitrogens with zero attached hydrogens (tertiary/aromatic N) is 3. The molecule has 2 aromatic rings. The zero-order valence-electron chi connectivity index (χ0n) is 12.2. The lowest BCUT2D eigenvalue weighted by Gasteiger charge is -2.34. The van der Waals surface area contributed by atoms with E-state index in [-0.39, 0.29) is 12.7 Å². The summed E-state index contributed by atoms with van der Waals surface area (Å²) in [5.74, 6) is 1.04. The summed E-state index contributed by atoms with van der Waals surface area (Å²) in [5, 5.41) is 0.989. The summed E-state index contributed by atoms with van der Waals surface area (Å²) in [5.41, 5.74) is 2.93. The number of piperidine rings is 1. The summed E-state index contributed by atoms with van der Waals surface area (Å²) in [4.78, 5) is 21.7. The summed E-state index contributed by atoms with van der Waals surface area (Å²) in [6.07, 6.45) is 6.22. The molecule has 0 radical (unpaired) electrons. The van der Waals surface area contributed by atoms with Gasteiger partial charge in [0.05, 0.1) is 17.8 Å². The number of hydrogen-bond acceptors (Lipinski definition) is 6. The molecule has 2 aliphatic rings. The molecular weight excluding hydrogens is 282 g/mol. The topological polar surface area (TPSA) is 64.6 Å². The van der Waals surface area contributed by atoms with Gasteiger partial charge in [-0.05, 0) is 18.9 Å². The molecule has 0 aliphatic carbocycles. The van der Waals surface area contributed by atoms with Crippen LogP contribution in [0.1, 0.15) is 18.4 Å². The maximum Gasteiger partial charge on any atom is 0.189 e. The largest absolute Gasteiger partial charge is 0.465 e. The molecule has 0 unspecified atom stereocenters. The third-order valence-corrected chi connectivity index (χ3v) is 4.43. The van der Waals surface area contributed by atoms with Crippen molar-refractivity contribution >= 4 is 22.9 Å². The third kappa shape index (κ3) is 2.20. The van der Waals surface area contributed by atoms with Crippen LogP contribution in [0.4, 0.5) is 5.69 Å². The molecule has 0 atom stereocenters. The maximum absolute atomic E-state index is 10.9. The van der Waals surface area contributed by atoms with Crippen molar-refractivity contribution in [1.82, 2.24) is 9.97 Å². The number of fused-ring (bicyclic) bond motifs is 3. The van der Waals surface area contributed by atoms with E-state index in [1.807, 2.05) is 6.20 Å². The van der Waals surface area contributed by atoms with Crippen LogP contribution in [-0.2, 0) is 16.1 Å². The molecule has 0 saturated carbocycles. The Morgan fingerprint density at radius 2 is 2.18 bits per heavy atom. The normalized spacial score (nSPS) is 18.8. The maximum atomic E-state index is 10.9. The van der Waals surface area contributed by atoms with E-state index in [0.29, 0.717) is 6.61 Å². The highest BCUT2D eigenvalue weighted by Crippen LogP contribution is 2.40. The van der Waals surface area contributed by atoms with Crippen molar-refractivity contribution in [2.75, 3.05) is 24.8 Å². The average molecular weight is 299 g/mol. The van der Waals surface area contributed by atoms with Gasteiger partial charge in [0.1, 0.15) is 12.6 Å². The second-order valence-electron chi connectivity index (χ2n) is 5.74. The number of carbonyl (C=O) groups excluding carboxylic acids is 1. The zero-order chi connectivity index (χ0) is 14.9. The van der Waals surface area contributed by atoms with Crippen LogP contribution in [0.3, 0.4) is 0 Å². The highest BCUT2D eigenvalue weighted by Gasteiger charge is 2.26. The molecule has 6 nitrogen and oxygen atoms in total. The fourth-order valence-corrected chi connectivity index (χ4v) is 3.22. The van der Waals surface area contributed by atoms with Crippen molar-refractivity contribution < 1.29 is 14.3 Å². The summed E-state index contributed by atoms with van der Waals surface area (Å²) < 4.78 is 11.2. The molecule has 0 N–H and O–H groups in total. The first kappa shape index (κ1) is 13.5. The molecule has 6 heteroatoms. The Bertz CT molecular complexity index is 711. The molecule has 2 aliphatic heterocycles. The molecule has 3 heterocycles.